The van der Waals surface area contributed by atoms with E-state index in [1.807, 2.05) is 6.07 Å². The molecule has 1 aliphatic rings. The summed E-state index contributed by atoms with van der Waals surface area (Å²) in [5.74, 6) is 0.340. The number of hydrogen-bond acceptors (Lipinski definition) is 2. The average molecular weight is 254 g/mol. The highest BCUT2D eigenvalue weighted by Crippen LogP contribution is 2.34. The third-order valence-corrected chi connectivity index (χ3v) is 4.19. The Morgan fingerprint density at radius 2 is 2.00 bits per heavy atom. The second-order valence-electron chi connectivity index (χ2n) is 4.98. The Morgan fingerprint density at radius 1 is 1.35 bits per heavy atom. The van der Waals surface area contributed by atoms with Gasteiger partial charge in [-0.05, 0) is 45.0 Å². The van der Waals surface area contributed by atoms with Crippen LogP contribution in [0.4, 0.5) is 0 Å². The lowest BCUT2D eigenvalue weighted by Crippen LogP contribution is -2.31. The Labute approximate surface area is 108 Å². The molecule has 0 spiro atoms. The van der Waals surface area contributed by atoms with Gasteiger partial charge in [0.25, 0.3) is 0 Å². The van der Waals surface area contributed by atoms with E-state index in [9.17, 15) is 5.11 Å². The van der Waals surface area contributed by atoms with E-state index in [2.05, 4.69) is 18.9 Å². The molecule has 1 saturated carbocycles. The van der Waals surface area contributed by atoms with Crippen LogP contribution < -0.4 is 0 Å². The molecule has 1 aliphatic carbocycles. The lowest BCUT2D eigenvalue weighted by Gasteiger charge is -2.31. The molecule has 1 N–H and O–H groups in total. The summed E-state index contributed by atoms with van der Waals surface area (Å²) in [6.07, 6.45) is 5.18. The Morgan fingerprint density at radius 3 is 2.65 bits per heavy atom. The van der Waals surface area contributed by atoms with Crippen molar-refractivity contribution >= 4 is 11.6 Å². The molecule has 2 rings (SSSR count). The van der Waals surface area contributed by atoms with E-state index in [1.165, 1.54) is 25.7 Å². The molecule has 3 heteroatoms. The van der Waals surface area contributed by atoms with E-state index >= 15 is 0 Å². The van der Waals surface area contributed by atoms with Gasteiger partial charge in [-0.25, -0.2) is 0 Å². The summed E-state index contributed by atoms with van der Waals surface area (Å²) < 4.78 is 0. The van der Waals surface area contributed by atoms with Crippen molar-refractivity contribution < 1.29 is 5.11 Å². The maximum atomic E-state index is 9.91. The van der Waals surface area contributed by atoms with Gasteiger partial charge in [-0.15, -0.1) is 0 Å². The third kappa shape index (κ3) is 2.75. The molecular weight excluding hydrogens is 234 g/mol. The van der Waals surface area contributed by atoms with Crippen LogP contribution in [-0.2, 0) is 0 Å². The summed E-state index contributed by atoms with van der Waals surface area (Å²) in [7, 11) is 2.14. The molecule has 1 fully saturated rings. The Kier molecular flexibility index (Phi) is 3.95. The van der Waals surface area contributed by atoms with Crippen molar-refractivity contribution in [1.29, 1.82) is 0 Å². The highest BCUT2D eigenvalue weighted by molar-refractivity contribution is 6.30. The van der Waals surface area contributed by atoms with E-state index in [-0.39, 0.29) is 6.04 Å². The average Bonchev–Trinajstić information content (AvgIpc) is 2.84. The minimum Gasteiger partial charge on any atom is -0.508 e. The van der Waals surface area contributed by atoms with Crippen LogP contribution in [0.15, 0.2) is 18.2 Å². The maximum Gasteiger partial charge on any atom is 0.120 e. The first-order chi connectivity index (χ1) is 8.09. The molecule has 0 aliphatic heterocycles. The van der Waals surface area contributed by atoms with Gasteiger partial charge in [-0.3, -0.25) is 4.90 Å². The minimum absolute atomic E-state index is 0.205. The third-order valence-electron chi connectivity index (χ3n) is 3.95. The number of hydrogen-bond donors (Lipinski definition) is 1. The number of phenols is 1. The van der Waals surface area contributed by atoms with Crippen LogP contribution in [0.25, 0.3) is 0 Å². The van der Waals surface area contributed by atoms with Gasteiger partial charge in [0.2, 0.25) is 0 Å². The SMILES string of the molecule is CC(c1cc(Cl)ccc1O)N(C)C1CCCC1. The van der Waals surface area contributed by atoms with Gasteiger partial charge in [0.05, 0.1) is 0 Å². The fraction of sp³-hybridized carbons (Fsp3) is 0.571. The molecule has 1 atom stereocenters. The summed E-state index contributed by atoms with van der Waals surface area (Å²) in [6, 6.07) is 6.12. The largest absolute Gasteiger partial charge is 0.508 e. The first-order valence-electron chi connectivity index (χ1n) is 6.30. The smallest absolute Gasteiger partial charge is 0.120 e. The lowest BCUT2D eigenvalue weighted by atomic mass is 10.0. The van der Waals surface area contributed by atoms with Crippen molar-refractivity contribution in [2.75, 3.05) is 7.05 Å². The molecule has 0 bridgehead atoms. The first-order valence-corrected chi connectivity index (χ1v) is 6.67. The minimum atomic E-state index is 0.205. The molecule has 1 aromatic rings. The molecule has 17 heavy (non-hydrogen) atoms. The fourth-order valence-corrected chi connectivity index (χ4v) is 2.89. The van der Waals surface area contributed by atoms with Gasteiger partial charge >= 0.3 is 0 Å². The lowest BCUT2D eigenvalue weighted by molar-refractivity contribution is 0.185. The van der Waals surface area contributed by atoms with Gasteiger partial charge in [-0.2, -0.15) is 0 Å². The van der Waals surface area contributed by atoms with Gasteiger partial charge < -0.3 is 5.11 Å². The molecule has 0 radical (unpaired) electrons. The summed E-state index contributed by atoms with van der Waals surface area (Å²) in [5.41, 5.74) is 0.923. The zero-order valence-corrected chi connectivity index (χ0v) is 11.2. The van der Waals surface area contributed by atoms with Crippen molar-refractivity contribution in [3.63, 3.8) is 0 Å². The Balaban J connectivity index is 2.17. The summed E-state index contributed by atoms with van der Waals surface area (Å²) in [4.78, 5) is 2.36. The van der Waals surface area contributed by atoms with Crippen molar-refractivity contribution in [1.82, 2.24) is 4.90 Å². The topological polar surface area (TPSA) is 23.5 Å². The summed E-state index contributed by atoms with van der Waals surface area (Å²) in [5, 5.41) is 10.6. The number of phenolic OH excluding ortho intramolecular Hbond substituents is 1. The second kappa shape index (κ2) is 5.28. The van der Waals surface area contributed by atoms with E-state index in [0.29, 0.717) is 16.8 Å². The second-order valence-corrected chi connectivity index (χ2v) is 5.42. The highest BCUT2D eigenvalue weighted by Gasteiger charge is 2.25. The monoisotopic (exact) mass is 253 g/mol. The van der Waals surface area contributed by atoms with E-state index < -0.39 is 0 Å². The first kappa shape index (κ1) is 12.7. The normalized spacial score (nSPS) is 18.8. The predicted octanol–water partition coefficient (Wildman–Crippen LogP) is 3.98. The zero-order valence-electron chi connectivity index (χ0n) is 10.5. The number of nitrogens with zero attached hydrogens (tertiary/aromatic N) is 1. The maximum absolute atomic E-state index is 9.91. The van der Waals surface area contributed by atoms with Gasteiger partial charge in [0.1, 0.15) is 5.75 Å². The highest BCUT2D eigenvalue weighted by atomic mass is 35.5. The van der Waals surface area contributed by atoms with Crippen molar-refractivity contribution in [3.8, 4) is 5.75 Å². The van der Waals surface area contributed by atoms with Crippen LogP contribution in [0.2, 0.25) is 5.02 Å². The molecular formula is C14H20ClNO. The Hall–Kier alpha value is -0.730. The number of rotatable bonds is 3. The van der Waals surface area contributed by atoms with E-state index in [4.69, 9.17) is 11.6 Å². The van der Waals surface area contributed by atoms with Crippen LogP contribution >= 0.6 is 11.6 Å². The van der Waals surface area contributed by atoms with Crippen LogP contribution in [-0.4, -0.2) is 23.1 Å². The molecule has 1 unspecified atom stereocenters. The van der Waals surface area contributed by atoms with Crippen molar-refractivity contribution in [2.45, 2.75) is 44.7 Å². The standard InChI is InChI=1S/C14H20ClNO/c1-10(16(2)12-5-3-4-6-12)13-9-11(15)7-8-14(13)17/h7-10,12,17H,3-6H2,1-2H3. The summed E-state index contributed by atoms with van der Waals surface area (Å²) >= 11 is 6.00. The Bertz CT molecular complexity index is 388. The molecule has 0 aromatic heterocycles. The molecule has 0 heterocycles. The molecule has 0 saturated heterocycles. The van der Waals surface area contributed by atoms with Crippen molar-refractivity contribution in [3.05, 3.63) is 28.8 Å². The van der Waals surface area contributed by atoms with Gasteiger partial charge in [0, 0.05) is 22.7 Å². The van der Waals surface area contributed by atoms with Crippen LogP contribution in [0.3, 0.4) is 0 Å². The van der Waals surface area contributed by atoms with E-state index in [1.54, 1.807) is 12.1 Å². The van der Waals surface area contributed by atoms with Crippen molar-refractivity contribution in [2.24, 2.45) is 0 Å². The van der Waals surface area contributed by atoms with Crippen LogP contribution in [0, 0.1) is 0 Å². The fourth-order valence-electron chi connectivity index (χ4n) is 2.71. The number of benzene rings is 1. The van der Waals surface area contributed by atoms with Crippen LogP contribution in [0.1, 0.15) is 44.2 Å². The number of halogens is 1. The zero-order chi connectivity index (χ0) is 12.4. The molecule has 0 amide bonds. The quantitative estimate of drug-likeness (QED) is 0.881. The number of aromatic hydroxyl groups is 1. The van der Waals surface area contributed by atoms with Gasteiger partial charge in [-0.1, -0.05) is 24.4 Å². The predicted molar refractivity (Wildman–Crippen MR) is 71.6 cm³/mol. The van der Waals surface area contributed by atoms with E-state index in [0.717, 1.165) is 5.56 Å². The summed E-state index contributed by atoms with van der Waals surface area (Å²) in [6.45, 7) is 2.13. The van der Waals surface area contributed by atoms with Crippen LogP contribution in [0.5, 0.6) is 5.75 Å². The molecule has 94 valence electrons. The van der Waals surface area contributed by atoms with Gasteiger partial charge in [0.15, 0.2) is 0 Å². The molecule has 2 nitrogen and oxygen atoms in total. The molecule has 1 aromatic carbocycles.